The number of fused-ring (bicyclic) bond motifs is 2. The van der Waals surface area contributed by atoms with E-state index in [-0.39, 0.29) is 12.2 Å². The lowest BCUT2D eigenvalue weighted by Crippen LogP contribution is -2.42. The molecule has 0 saturated carbocycles. The molecule has 0 unspecified atom stereocenters. The van der Waals surface area contributed by atoms with Gasteiger partial charge in [-0.05, 0) is 52.6 Å². The molecule has 3 aromatic carbocycles. The first-order chi connectivity index (χ1) is 13.5. The second kappa shape index (κ2) is 7.15. The summed E-state index contributed by atoms with van der Waals surface area (Å²) in [6.45, 7) is 0. The van der Waals surface area contributed by atoms with Crippen LogP contribution in [0.4, 0.5) is 4.39 Å². The van der Waals surface area contributed by atoms with Gasteiger partial charge in [-0.15, -0.1) is 0 Å². The standard InChI is InChI=1S/C22H17FN2O3/c23-17-8-7-15-10-18(24-19(15)11-17)12-20(22(27)28)25-21(26)16-6-5-13-3-1-2-4-14(13)9-16/h1-11,20,24H,12H2,(H,25,26)(H,27,28)/t20-/m1/s1. The van der Waals surface area contributed by atoms with Crippen molar-refractivity contribution < 1.29 is 19.1 Å². The van der Waals surface area contributed by atoms with Crippen LogP contribution in [0.2, 0.25) is 0 Å². The van der Waals surface area contributed by atoms with E-state index >= 15 is 0 Å². The lowest BCUT2D eigenvalue weighted by molar-refractivity contribution is -0.139. The molecule has 0 saturated heterocycles. The Morgan fingerprint density at radius 1 is 0.964 bits per heavy atom. The summed E-state index contributed by atoms with van der Waals surface area (Å²) in [5, 5.41) is 14.8. The van der Waals surface area contributed by atoms with Crippen molar-refractivity contribution in [1.29, 1.82) is 0 Å². The van der Waals surface area contributed by atoms with E-state index in [2.05, 4.69) is 10.3 Å². The predicted octanol–water partition coefficient (Wildman–Crippen LogP) is 3.89. The third-order valence-electron chi connectivity index (χ3n) is 4.68. The third-order valence-corrected chi connectivity index (χ3v) is 4.68. The van der Waals surface area contributed by atoms with Crippen molar-refractivity contribution in [3.63, 3.8) is 0 Å². The van der Waals surface area contributed by atoms with Gasteiger partial charge in [0.2, 0.25) is 0 Å². The van der Waals surface area contributed by atoms with Gasteiger partial charge in [0.1, 0.15) is 11.9 Å². The van der Waals surface area contributed by atoms with Crippen molar-refractivity contribution in [2.75, 3.05) is 0 Å². The number of carbonyl (C=O) groups excluding carboxylic acids is 1. The van der Waals surface area contributed by atoms with Crippen molar-refractivity contribution in [3.8, 4) is 0 Å². The number of aliphatic carboxylic acids is 1. The van der Waals surface area contributed by atoms with E-state index in [0.29, 0.717) is 16.8 Å². The molecule has 4 rings (SSSR count). The van der Waals surface area contributed by atoms with Crippen LogP contribution in [0.25, 0.3) is 21.7 Å². The highest BCUT2D eigenvalue weighted by Gasteiger charge is 2.22. The Morgan fingerprint density at radius 2 is 1.71 bits per heavy atom. The zero-order valence-electron chi connectivity index (χ0n) is 14.8. The molecule has 3 N–H and O–H groups in total. The topological polar surface area (TPSA) is 82.2 Å². The second-order valence-electron chi connectivity index (χ2n) is 6.66. The Kier molecular flexibility index (Phi) is 4.53. The number of carboxylic acids is 1. The molecule has 0 aliphatic heterocycles. The summed E-state index contributed by atoms with van der Waals surface area (Å²) >= 11 is 0. The van der Waals surface area contributed by atoms with Crippen molar-refractivity contribution in [1.82, 2.24) is 10.3 Å². The van der Waals surface area contributed by atoms with E-state index in [1.807, 2.05) is 30.3 Å². The van der Waals surface area contributed by atoms with Crippen LogP contribution in [0.1, 0.15) is 16.1 Å². The largest absolute Gasteiger partial charge is 0.480 e. The van der Waals surface area contributed by atoms with Crippen LogP contribution in [0, 0.1) is 5.82 Å². The zero-order valence-corrected chi connectivity index (χ0v) is 14.8. The van der Waals surface area contributed by atoms with Crippen LogP contribution in [-0.2, 0) is 11.2 Å². The summed E-state index contributed by atoms with van der Waals surface area (Å²) in [5.41, 5.74) is 1.58. The quantitative estimate of drug-likeness (QED) is 0.494. The summed E-state index contributed by atoms with van der Waals surface area (Å²) in [6.07, 6.45) is 0.0605. The maximum atomic E-state index is 13.3. The Hall–Kier alpha value is -3.67. The van der Waals surface area contributed by atoms with E-state index in [1.165, 1.54) is 12.1 Å². The summed E-state index contributed by atoms with van der Waals surface area (Å²) in [5.74, 6) is -1.97. The third kappa shape index (κ3) is 3.57. The van der Waals surface area contributed by atoms with E-state index in [9.17, 15) is 19.1 Å². The summed E-state index contributed by atoms with van der Waals surface area (Å²) in [6, 6.07) is 17.8. The van der Waals surface area contributed by atoms with E-state index in [4.69, 9.17) is 0 Å². The molecule has 1 atom stereocenters. The van der Waals surface area contributed by atoms with Gasteiger partial charge in [-0.3, -0.25) is 4.79 Å². The highest BCUT2D eigenvalue weighted by Crippen LogP contribution is 2.18. The number of amides is 1. The molecule has 1 heterocycles. The first-order valence-electron chi connectivity index (χ1n) is 8.79. The van der Waals surface area contributed by atoms with Gasteiger partial charge in [0.15, 0.2) is 0 Å². The number of hydrogen-bond acceptors (Lipinski definition) is 2. The number of aromatic nitrogens is 1. The van der Waals surface area contributed by atoms with Gasteiger partial charge in [-0.1, -0.05) is 30.3 Å². The molecule has 28 heavy (non-hydrogen) atoms. The maximum Gasteiger partial charge on any atom is 0.326 e. The van der Waals surface area contributed by atoms with Crippen LogP contribution in [0.3, 0.4) is 0 Å². The number of rotatable bonds is 5. The minimum Gasteiger partial charge on any atom is -0.480 e. The number of benzene rings is 3. The molecule has 6 heteroatoms. The Balaban J connectivity index is 1.55. The van der Waals surface area contributed by atoms with Gasteiger partial charge in [-0.25, -0.2) is 9.18 Å². The number of nitrogens with one attached hydrogen (secondary N) is 2. The second-order valence-corrected chi connectivity index (χ2v) is 6.66. The predicted molar refractivity (Wildman–Crippen MR) is 105 cm³/mol. The van der Waals surface area contributed by atoms with Gasteiger partial charge in [-0.2, -0.15) is 0 Å². The summed E-state index contributed by atoms with van der Waals surface area (Å²) < 4.78 is 13.3. The van der Waals surface area contributed by atoms with Crippen molar-refractivity contribution in [2.24, 2.45) is 0 Å². The fourth-order valence-corrected chi connectivity index (χ4v) is 3.26. The SMILES string of the molecule is O=C(N[C@H](Cc1cc2ccc(F)cc2[nH]1)C(=O)O)c1ccc2ccccc2c1. The highest BCUT2D eigenvalue weighted by atomic mass is 19.1. The molecule has 0 aliphatic carbocycles. The van der Waals surface area contributed by atoms with Gasteiger partial charge in [0.25, 0.3) is 5.91 Å². The molecule has 1 amide bonds. The Bertz CT molecular complexity index is 1200. The molecule has 0 spiro atoms. The van der Waals surface area contributed by atoms with Crippen molar-refractivity contribution in [3.05, 3.63) is 83.8 Å². The molecular formula is C22H17FN2O3. The first-order valence-corrected chi connectivity index (χ1v) is 8.79. The molecule has 0 radical (unpaired) electrons. The number of H-pyrrole nitrogens is 1. The number of hydrogen-bond donors (Lipinski definition) is 3. The summed E-state index contributed by atoms with van der Waals surface area (Å²) in [4.78, 5) is 27.2. The maximum absolute atomic E-state index is 13.3. The summed E-state index contributed by atoms with van der Waals surface area (Å²) in [7, 11) is 0. The minimum atomic E-state index is -1.14. The van der Waals surface area contributed by atoms with Crippen LogP contribution < -0.4 is 5.32 Å². The lowest BCUT2D eigenvalue weighted by atomic mass is 10.1. The van der Waals surface area contributed by atoms with Crippen LogP contribution in [-0.4, -0.2) is 28.0 Å². The Morgan fingerprint density at radius 3 is 2.50 bits per heavy atom. The van der Waals surface area contributed by atoms with E-state index in [0.717, 1.165) is 16.2 Å². The van der Waals surface area contributed by atoms with Crippen molar-refractivity contribution >= 4 is 33.6 Å². The smallest absolute Gasteiger partial charge is 0.326 e. The monoisotopic (exact) mass is 376 g/mol. The average Bonchev–Trinajstić information content (AvgIpc) is 3.08. The molecule has 0 fully saturated rings. The minimum absolute atomic E-state index is 0.0605. The molecule has 5 nitrogen and oxygen atoms in total. The van der Waals surface area contributed by atoms with Crippen molar-refractivity contribution in [2.45, 2.75) is 12.5 Å². The lowest BCUT2D eigenvalue weighted by Gasteiger charge is -2.14. The average molecular weight is 376 g/mol. The number of aromatic amines is 1. The fourth-order valence-electron chi connectivity index (χ4n) is 3.26. The zero-order chi connectivity index (χ0) is 19.7. The molecule has 140 valence electrons. The Labute approximate surface area is 159 Å². The number of carbonyl (C=O) groups is 2. The van der Waals surface area contributed by atoms with Gasteiger partial charge in [0.05, 0.1) is 0 Å². The van der Waals surface area contributed by atoms with Gasteiger partial charge >= 0.3 is 5.97 Å². The molecule has 1 aromatic heterocycles. The first kappa shape index (κ1) is 17.7. The fraction of sp³-hybridized carbons (Fsp3) is 0.0909. The van der Waals surface area contributed by atoms with E-state index in [1.54, 1.807) is 24.3 Å². The number of halogens is 1. The molecular weight excluding hydrogens is 359 g/mol. The highest BCUT2D eigenvalue weighted by molar-refractivity contribution is 6.00. The van der Waals surface area contributed by atoms with Crippen LogP contribution in [0.15, 0.2) is 66.7 Å². The molecule has 0 bridgehead atoms. The van der Waals surface area contributed by atoms with Crippen LogP contribution in [0.5, 0.6) is 0 Å². The van der Waals surface area contributed by atoms with Crippen LogP contribution >= 0.6 is 0 Å². The molecule has 4 aromatic rings. The number of carboxylic acid groups (broad SMARTS) is 1. The molecule has 0 aliphatic rings. The normalized spacial score (nSPS) is 12.2. The van der Waals surface area contributed by atoms with Gasteiger partial charge < -0.3 is 15.4 Å². The van der Waals surface area contributed by atoms with E-state index < -0.39 is 17.9 Å². The van der Waals surface area contributed by atoms with Gasteiger partial charge in [0, 0.05) is 23.2 Å².